The minimum atomic E-state index is -3.87. The number of para-hydroxylation sites is 1. The second kappa shape index (κ2) is 5.30. The lowest BCUT2D eigenvalue weighted by Gasteiger charge is -2.10. The highest BCUT2D eigenvalue weighted by Crippen LogP contribution is 2.30. The number of rotatable bonds is 4. The Labute approximate surface area is 127 Å². The third kappa shape index (κ3) is 2.17. The third-order valence-electron chi connectivity index (χ3n) is 3.20. The van der Waals surface area contributed by atoms with Crippen molar-refractivity contribution in [2.24, 2.45) is 0 Å². The van der Waals surface area contributed by atoms with Crippen LogP contribution in [0.3, 0.4) is 0 Å². The summed E-state index contributed by atoms with van der Waals surface area (Å²) < 4.78 is 36.6. The molecule has 0 unspecified atom stereocenters. The first-order chi connectivity index (χ1) is 10.6. The van der Waals surface area contributed by atoms with E-state index in [1.165, 1.54) is 32.4 Å². The SMILES string of the molecule is COc1ccc(S(=O)(=O)n2nnc3ccccc32)cc1OC. The number of aromatic nitrogens is 3. The highest BCUT2D eigenvalue weighted by Gasteiger charge is 2.22. The van der Waals surface area contributed by atoms with Crippen LogP contribution in [0.25, 0.3) is 11.0 Å². The van der Waals surface area contributed by atoms with Crippen molar-refractivity contribution in [3.05, 3.63) is 42.5 Å². The van der Waals surface area contributed by atoms with Gasteiger partial charge in [0.25, 0.3) is 10.0 Å². The highest BCUT2D eigenvalue weighted by molar-refractivity contribution is 7.90. The first kappa shape index (κ1) is 14.3. The molecule has 22 heavy (non-hydrogen) atoms. The second-order valence-corrected chi connectivity index (χ2v) is 6.21. The maximum Gasteiger partial charge on any atom is 0.285 e. The lowest BCUT2D eigenvalue weighted by molar-refractivity contribution is 0.354. The van der Waals surface area contributed by atoms with Gasteiger partial charge < -0.3 is 9.47 Å². The van der Waals surface area contributed by atoms with Gasteiger partial charge in [0, 0.05) is 6.07 Å². The van der Waals surface area contributed by atoms with E-state index in [0.29, 0.717) is 22.5 Å². The molecule has 0 aliphatic rings. The average Bonchev–Trinajstić information content (AvgIpc) is 2.98. The Morgan fingerprint density at radius 2 is 1.73 bits per heavy atom. The minimum Gasteiger partial charge on any atom is -0.493 e. The molecular weight excluding hydrogens is 306 g/mol. The largest absolute Gasteiger partial charge is 0.493 e. The lowest BCUT2D eigenvalue weighted by atomic mass is 10.3. The molecule has 8 heteroatoms. The van der Waals surface area contributed by atoms with Gasteiger partial charge in [0.15, 0.2) is 11.5 Å². The molecule has 0 aliphatic heterocycles. The Kier molecular flexibility index (Phi) is 3.45. The van der Waals surface area contributed by atoms with Crippen molar-refractivity contribution >= 4 is 21.1 Å². The van der Waals surface area contributed by atoms with E-state index < -0.39 is 10.0 Å². The van der Waals surface area contributed by atoms with E-state index >= 15 is 0 Å². The zero-order chi connectivity index (χ0) is 15.7. The number of hydrogen-bond acceptors (Lipinski definition) is 6. The summed E-state index contributed by atoms with van der Waals surface area (Å²) in [6.07, 6.45) is 0. The molecule has 0 N–H and O–H groups in total. The molecule has 7 nitrogen and oxygen atoms in total. The molecule has 0 atom stereocenters. The minimum absolute atomic E-state index is 0.0424. The van der Waals surface area contributed by atoms with E-state index in [4.69, 9.17) is 9.47 Å². The van der Waals surface area contributed by atoms with E-state index in [0.717, 1.165) is 4.09 Å². The van der Waals surface area contributed by atoms with Crippen molar-refractivity contribution in [1.29, 1.82) is 0 Å². The van der Waals surface area contributed by atoms with Gasteiger partial charge in [-0.1, -0.05) is 17.3 Å². The van der Waals surface area contributed by atoms with Crippen LogP contribution in [0.5, 0.6) is 11.5 Å². The van der Waals surface area contributed by atoms with Crippen molar-refractivity contribution in [3.63, 3.8) is 0 Å². The summed E-state index contributed by atoms with van der Waals surface area (Å²) >= 11 is 0. The molecule has 0 bridgehead atoms. The summed E-state index contributed by atoms with van der Waals surface area (Å²) in [6.45, 7) is 0. The van der Waals surface area contributed by atoms with Gasteiger partial charge in [0.05, 0.1) is 19.1 Å². The Balaban J connectivity index is 2.18. The molecule has 2 aromatic carbocycles. The predicted octanol–water partition coefficient (Wildman–Crippen LogP) is 1.69. The summed E-state index contributed by atoms with van der Waals surface area (Å²) in [4.78, 5) is 0.0424. The first-order valence-corrected chi connectivity index (χ1v) is 7.80. The van der Waals surface area contributed by atoms with E-state index in [1.54, 1.807) is 24.3 Å². The maximum atomic E-state index is 12.7. The standard InChI is InChI=1S/C14H13N3O4S/c1-20-13-8-7-10(9-14(13)21-2)22(18,19)17-12-6-4-3-5-11(12)15-16-17/h3-9H,1-2H3. The fourth-order valence-electron chi connectivity index (χ4n) is 2.10. The number of hydrogen-bond donors (Lipinski definition) is 0. The van der Waals surface area contributed by atoms with Gasteiger partial charge in [-0.3, -0.25) is 0 Å². The Hall–Kier alpha value is -2.61. The quantitative estimate of drug-likeness (QED) is 0.727. The van der Waals surface area contributed by atoms with Crippen molar-refractivity contribution in [2.75, 3.05) is 14.2 Å². The van der Waals surface area contributed by atoms with Gasteiger partial charge in [-0.2, -0.15) is 8.42 Å². The Bertz CT molecular complexity index is 934. The van der Waals surface area contributed by atoms with Gasteiger partial charge in [-0.15, -0.1) is 9.19 Å². The number of ether oxygens (including phenoxy) is 2. The summed E-state index contributed by atoms with van der Waals surface area (Å²) in [7, 11) is -0.946. The van der Waals surface area contributed by atoms with Crippen LogP contribution in [0.1, 0.15) is 0 Å². The number of nitrogens with zero attached hydrogens (tertiary/aromatic N) is 3. The summed E-state index contributed by atoms with van der Waals surface area (Å²) in [5, 5.41) is 7.61. The van der Waals surface area contributed by atoms with E-state index in [-0.39, 0.29) is 4.90 Å². The molecule has 0 radical (unpaired) electrons. The van der Waals surface area contributed by atoms with Crippen LogP contribution < -0.4 is 9.47 Å². The molecule has 0 amide bonds. The van der Waals surface area contributed by atoms with Crippen molar-refractivity contribution in [3.8, 4) is 11.5 Å². The highest BCUT2D eigenvalue weighted by atomic mass is 32.2. The normalized spacial score (nSPS) is 11.5. The Morgan fingerprint density at radius 1 is 1.00 bits per heavy atom. The van der Waals surface area contributed by atoms with Gasteiger partial charge >= 0.3 is 0 Å². The van der Waals surface area contributed by atoms with Crippen molar-refractivity contribution in [2.45, 2.75) is 4.90 Å². The molecule has 1 aromatic heterocycles. The molecular formula is C14H13N3O4S. The number of benzene rings is 2. The van der Waals surface area contributed by atoms with E-state index in [9.17, 15) is 8.42 Å². The van der Waals surface area contributed by atoms with Crippen LogP contribution in [0.2, 0.25) is 0 Å². The average molecular weight is 319 g/mol. The predicted molar refractivity (Wildman–Crippen MR) is 79.7 cm³/mol. The summed E-state index contributed by atoms with van der Waals surface area (Å²) in [6, 6.07) is 11.2. The summed E-state index contributed by atoms with van der Waals surface area (Å²) in [5.41, 5.74) is 0.920. The van der Waals surface area contributed by atoms with Crippen LogP contribution in [-0.2, 0) is 10.0 Å². The molecule has 3 rings (SSSR count). The summed E-state index contributed by atoms with van der Waals surface area (Å²) in [5.74, 6) is 0.776. The number of methoxy groups -OCH3 is 2. The molecule has 0 spiro atoms. The van der Waals surface area contributed by atoms with Gasteiger partial charge in [-0.05, 0) is 24.3 Å². The zero-order valence-electron chi connectivity index (χ0n) is 11.9. The third-order valence-corrected chi connectivity index (χ3v) is 4.78. The monoisotopic (exact) mass is 319 g/mol. The Morgan fingerprint density at radius 3 is 2.45 bits per heavy atom. The lowest BCUT2D eigenvalue weighted by Crippen LogP contribution is -2.14. The maximum absolute atomic E-state index is 12.7. The second-order valence-electron chi connectivity index (χ2n) is 4.44. The van der Waals surface area contributed by atoms with Gasteiger partial charge in [0.2, 0.25) is 0 Å². The van der Waals surface area contributed by atoms with Crippen LogP contribution in [-0.4, -0.2) is 37.0 Å². The van der Waals surface area contributed by atoms with Gasteiger partial charge in [0.1, 0.15) is 11.0 Å². The zero-order valence-corrected chi connectivity index (χ0v) is 12.7. The van der Waals surface area contributed by atoms with Crippen LogP contribution in [0.4, 0.5) is 0 Å². The van der Waals surface area contributed by atoms with Crippen LogP contribution >= 0.6 is 0 Å². The topological polar surface area (TPSA) is 83.3 Å². The molecule has 1 heterocycles. The first-order valence-electron chi connectivity index (χ1n) is 6.36. The van der Waals surface area contributed by atoms with Crippen molar-refractivity contribution in [1.82, 2.24) is 14.4 Å². The van der Waals surface area contributed by atoms with Crippen LogP contribution in [0.15, 0.2) is 47.4 Å². The van der Waals surface area contributed by atoms with E-state index in [2.05, 4.69) is 10.3 Å². The van der Waals surface area contributed by atoms with Crippen molar-refractivity contribution < 1.29 is 17.9 Å². The molecule has 0 aliphatic carbocycles. The molecule has 0 saturated carbocycles. The van der Waals surface area contributed by atoms with Crippen LogP contribution in [0, 0.1) is 0 Å². The fourth-order valence-corrected chi connectivity index (χ4v) is 3.34. The molecule has 0 saturated heterocycles. The van der Waals surface area contributed by atoms with Gasteiger partial charge in [-0.25, -0.2) is 0 Å². The van der Waals surface area contributed by atoms with E-state index in [1.807, 2.05) is 0 Å². The fraction of sp³-hybridized carbons (Fsp3) is 0.143. The molecule has 0 fully saturated rings. The molecule has 114 valence electrons. The smallest absolute Gasteiger partial charge is 0.285 e. The molecule has 3 aromatic rings. The number of fused-ring (bicyclic) bond motifs is 1.